The van der Waals surface area contributed by atoms with Gasteiger partial charge in [-0.15, -0.1) is 11.3 Å². The van der Waals surface area contributed by atoms with Crippen molar-refractivity contribution in [1.29, 1.82) is 0 Å². The van der Waals surface area contributed by atoms with Crippen LogP contribution < -0.4 is 15.4 Å². The average Bonchev–Trinajstić information content (AvgIpc) is 3.30. The van der Waals surface area contributed by atoms with Gasteiger partial charge in [0.15, 0.2) is 0 Å². The molecule has 0 aliphatic rings. The molecule has 14 heteroatoms. The lowest BCUT2D eigenvalue weighted by Gasteiger charge is -2.14. The lowest BCUT2D eigenvalue weighted by molar-refractivity contribution is 0.168. The SMILES string of the molecule is CCCS(=O)(=O)Nc1cc(Cl)cc(-c2nc(C(C)(C)C)sc2-c2ccnc(NCC(C)NC(=O)OC)n2)c1Cl. The quantitative estimate of drug-likeness (QED) is 0.246. The first-order chi connectivity index (χ1) is 18.2. The van der Waals surface area contributed by atoms with Crippen molar-refractivity contribution in [2.24, 2.45) is 0 Å². The number of hydrogen-bond acceptors (Lipinski definition) is 9. The van der Waals surface area contributed by atoms with E-state index in [4.69, 9.17) is 28.2 Å². The summed E-state index contributed by atoms with van der Waals surface area (Å²) in [5, 5.41) is 7.11. The van der Waals surface area contributed by atoms with E-state index in [9.17, 15) is 13.2 Å². The minimum Gasteiger partial charge on any atom is -0.453 e. The van der Waals surface area contributed by atoms with Crippen LogP contribution in [0.1, 0.15) is 46.0 Å². The van der Waals surface area contributed by atoms with Gasteiger partial charge in [-0.2, -0.15) is 0 Å². The molecule has 0 aliphatic heterocycles. The highest BCUT2D eigenvalue weighted by atomic mass is 35.5. The molecule has 0 saturated carbocycles. The zero-order valence-corrected chi connectivity index (χ0v) is 25.7. The van der Waals surface area contributed by atoms with Crippen LogP contribution in [0.25, 0.3) is 21.8 Å². The number of hydrogen-bond donors (Lipinski definition) is 3. The van der Waals surface area contributed by atoms with Crippen LogP contribution in [-0.4, -0.2) is 54.9 Å². The first-order valence-corrected chi connectivity index (χ1v) is 15.4. The molecule has 2 heterocycles. The number of rotatable bonds is 10. The molecule has 3 rings (SSSR count). The van der Waals surface area contributed by atoms with Gasteiger partial charge in [-0.25, -0.2) is 28.2 Å². The van der Waals surface area contributed by atoms with Crippen molar-refractivity contribution in [1.82, 2.24) is 20.3 Å². The Labute approximate surface area is 243 Å². The number of methoxy groups -OCH3 is 1. The van der Waals surface area contributed by atoms with E-state index < -0.39 is 16.1 Å². The Balaban J connectivity index is 2.06. The van der Waals surface area contributed by atoms with Crippen molar-refractivity contribution in [2.45, 2.75) is 52.5 Å². The van der Waals surface area contributed by atoms with E-state index in [-0.39, 0.29) is 27.9 Å². The molecular formula is C25H32Cl2N6O4S2. The summed E-state index contributed by atoms with van der Waals surface area (Å²) in [5.41, 5.74) is 1.49. The van der Waals surface area contributed by atoms with Crippen molar-refractivity contribution in [3.8, 4) is 21.8 Å². The molecule has 1 unspecified atom stereocenters. The predicted molar refractivity (Wildman–Crippen MR) is 158 cm³/mol. The maximum Gasteiger partial charge on any atom is 0.407 e. The first kappa shape index (κ1) is 30.9. The summed E-state index contributed by atoms with van der Waals surface area (Å²) < 4.78 is 32.1. The number of benzene rings is 1. The zero-order valence-electron chi connectivity index (χ0n) is 22.6. The molecule has 0 bridgehead atoms. The maximum atomic E-state index is 12.5. The van der Waals surface area contributed by atoms with Crippen LogP contribution in [0.3, 0.4) is 0 Å². The second-order valence-corrected chi connectivity index (χ2v) is 13.5. The van der Waals surface area contributed by atoms with Crippen molar-refractivity contribution in [2.75, 3.05) is 29.4 Å². The topological polar surface area (TPSA) is 135 Å². The van der Waals surface area contributed by atoms with Gasteiger partial charge < -0.3 is 15.4 Å². The van der Waals surface area contributed by atoms with E-state index in [2.05, 4.69) is 30.1 Å². The van der Waals surface area contributed by atoms with Crippen LogP contribution in [0.5, 0.6) is 0 Å². The number of thiazole rings is 1. The smallest absolute Gasteiger partial charge is 0.407 e. The van der Waals surface area contributed by atoms with Crippen LogP contribution in [0, 0.1) is 0 Å². The third-order valence-corrected chi connectivity index (χ3v) is 8.91. The average molecular weight is 616 g/mol. The van der Waals surface area contributed by atoms with Crippen molar-refractivity contribution in [3.63, 3.8) is 0 Å². The maximum absolute atomic E-state index is 12.5. The Kier molecular flexibility index (Phi) is 10.0. The highest BCUT2D eigenvalue weighted by Gasteiger charge is 2.26. The van der Waals surface area contributed by atoms with E-state index >= 15 is 0 Å². The highest BCUT2D eigenvalue weighted by molar-refractivity contribution is 7.92. The Bertz CT molecular complexity index is 1440. The van der Waals surface area contributed by atoms with Crippen LogP contribution in [0.15, 0.2) is 24.4 Å². The molecule has 0 spiro atoms. The van der Waals surface area contributed by atoms with Gasteiger partial charge in [-0.05, 0) is 31.5 Å². The standard InChI is InChI=1S/C25H32Cl2N6O4S2/c1-7-10-39(35,36)33-18-12-15(26)11-16(19(18)27)20-21(38-22(32-20)25(3,4)5)17-8-9-28-23(31-17)29-13-14(2)30-24(34)37-6/h8-9,11-12,14,33H,7,10,13H2,1-6H3,(H,30,34)(H,28,29,31). The fourth-order valence-corrected chi connectivity index (χ4v) is 6.21. The number of amides is 1. The first-order valence-electron chi connectivity index (χ1n) is 12.2. The Morgan fingerprint density at radius 3 is 2.56 bits per heavy atom. The summed E-state index contributed by atoms with van der Waals surface area (Å²) in [6.07, 6.45) is 1.54. The Morgan fingerprint density at radius 1 is 1.21 bits per heavy atom. The lowest BCUT2D eigenvalue weighted by Crippen LogP contribution is -2.37. The van der Waals surface area contributed by atoms with Gasteiger partial charge in [0.05, 0.1) is 44.8 Å². The number of ether oxygens (including phenoxy) is 1. The van der Waals surface area contributed by atoms with Crippen LogP contribution in [0.2, 0.25) is 10.0 Å². The number of nitrogens with one attached hydrogen (secondary N) is 3. The number of alkyl carbamates (subject to hydrolysis) is 1. The summed E-state index contributed by atoms with van der Waals surface area (Å²) in [7, 11) is -2.30. The van der Waals surface area contributed by atoms with Gasteiger partial charge in [0.1, 0.15) is 0 Å². The van der Waals surface area contributed by atoms with Gasteiger partial charge in [0.25, 0.3) is 0 Å². The van der Waals surface area contributed by atoms with Gasteiger partial charge in [-0.1, -0.05) is 50.9 Å². The second kappa shape index (κ2) is 12.7. The van der Waals surface area contributed by atoms with E-state index in [0.717, 1.165) is 9.88 Å². The molecule has 0 saturated heterocycles. The summed E-state index contributed by atoms with van der Waals surface area (Å²) in [6, 6.07) is 4.66. The van der Waals surface area contributed by atoms with E-state index in [0.29, 0.717) is 40.9 Å². The third-order valence-electron chi connectivity index (χ3n) is 5.30. The molecular weight excluding hydrogens is 583 g/mol. The summed E-state index contributed by atoms with van der Waals surface area (Å²) in [4.78, 5) is 26.0. The fourth-order valence-electron chi connectivity index (χ4n) is 3.45. The van der Waals surface area contributed by atoms with Gasteiger partial charge in [-0.3, -0.25) is 4.72 Å². The molecule has 1 aromatic carbocycles. The molecule has 2 aromatic heterocycles. The summed E-state index contributed by atoms with van der Waals surface area (Å²) >= 11 is 14.6. The van der Waals surface area contributed by atoms with E-state index in [1.807, 2.05) is 27.7 Å². The predicted octanol–water partition coefficient (Wildman–Crippen LogP) is 6.18. The minimum absolute atomic E-state index is 0.0498. The number of anilines is 2. The van der Waals surface area contributed by atoms with Crippen LogP contribution in [-0.2, 0) is 20.2 Å². The van der Waals surface area contributed by atoms with Crippen molar-refractivity contribution in [3.05, 3.63) is 39.4 Å². The fraction of sp³-hybridized carbons (Fsp3) is 0.440. The number of aromatic nitrogens is 3. The zero-order chi connectivity index (χ0) is 29.0. The largest absolute Gasteiger partial charge is 0.453 e. The van der Waals surface area contributed by atoms with Crippen molar-refractivity contribution < 1.29 is 17.9 Å². The molecule has 0 fully saturated rings. The normalized spacial score (nSPS) is 12.6. The monoisotopic (exact) mass is 614 g/mol. The van der Waals surface area contributed by atoms with Gasteiger partial charge in [0.2, 0.25) is 16.0 Å². The summed E-state index contributed by atoms with van der Waals surface area (Å²) in [5.74, 6) is 0.305. The Morgan fingerprint density at radius 2 is 1.92 bits per heavy atom. The molecule has 3 N–H and O–H groups in total. The second-order valence-electron chi connectivity index (χ2n) is 9.87. The van der Waals surface area contributed by atoms with Crippen LogP contribution >= 0.6 is 34.5 Å². The number of carbonyl (C=O) groups is 1. The number of nitrogens with zero attached hydrogens (tertiary/aromatic N) is 3. The van der Waals surface area contributed by atoms with E-state index in [1.54, 1.807) is 25.3 Å². The molecule has 0 aliphatic carbocycles. The molecule has 1 atom stereocenters. The van der Waals surface area contributed by atoms with Crippen molar-refractivity contribution >= 4 is 62.3 Å². The van der Waals surface area contributed by atoms with Crippen LogP contribution in [0.4, 0.5) is 16.4 Å². The van der Waals surface area contributed by atoms with Gasteiger partial charge in [0, 0.05) is 34.8 Å². The lowest BCUT2D eigenvalue weighted by atomic mass is 9.98. The number of halogens is 2. The van der Waals surface area contributed by atoms with Gasteiger partial charge >= 0.3 is 6.09 Å². The molecule has 39 heavy (non-hydrogen) atoms. The molecule has 1 amide bonds. The molecule has 3 aromatic rings. The summed E-state index contributed by atoms with van der Waals surface area (Å²) in [6.45, 7) is 10.1. The molecule has 10 nitrogen and oxygen atoms in total. The minimum atomic E-state index is -3.61. The molecule has 212 valence electrons. The third kappa shape index (κ3) is 8.17. The Hall–Kier alpha value is -2.67. The van der Waals surface area contributed by atoms with E-state index in [1.165, 1.54) is 24.5 Å². The number of sulfonamides is 1. The highest BCUT2D eigenvalue weighted by Crippen LogP contribution is 2.45. The molecule has 0 radical (unpaired) electrons. The number of carbonyl (C=O) groups excluding carboxylic acids is 1.